The molecule has 1 aromatic carbocycles. The molecule has 1 aromatic rings. The number of benzene rings is 1. The first-order valence-corrected chi connectivity index (χ1v) is 3.93. The first kappa shape index (κ1) is 10.1. The van der Waals surface area contributed by atoms with Crippen LogP contribution in [0.2, 0.25) is 0 Å². The van der Waals surface area contributed by atoms with Gasteiger partial charge in [-0.25, -0.2) is 8.78 Å². The van der Waals surface area contributed by atoms with E-state index in [9.17, 15) is 13.9 Å². The fraction of sp³-hybridized carbons (Fsp3) is 0.333. The van der Waals surface area contributed by atoms with Gasteiger partial charge >= 0.3 is 0 Å². The van der Waals surface area contributed by atoms with Gasteiger partial charge in [-0.1, -0.05) is 12.1 Å². The number of alkyl halides is 1. The van der Waals surface area contributed by atoms with Crippen LogP contribution in [-0.4, -0.2) is 17.8 Å². The molecule has 0 radical (unpaired) electrons. The molecule has 0 aliphatic carbocycles. The monoisotopic (exact) mass is 187 g/mol. The van der Waals surface area contributed by atoms with Crippen LogP contribution < -0.4 is 5.73 Å². The Bertz CT molecular complexity index is 263. The third kappa shape index (κ3) is 2.47. The number of nitrogens with two attached hydrogens (primary N) is 1. The lowest BCUT2D eigenvalue weighted by Crippen LogP contribution is -2.23. The Hall–Kier alpha value is -1.00. The molecule has 0 aliphatic heterocycles. The zero-order valence-corrected chi connectivity index (χ0v) is 6.95. The molecule has 0 aliphatic rings. The highest BCUT2D eigenvalue weighted by molar-refractivity contribution is 5.19. The van der Waals surface area contributed by atoms with Crippen molar-refractivity contribution >= 4 is 0 Å². The van der Waals surface area contributed by atoms with Gasteiger partial charge in [-0.05, 0) is 17.7 Å². The van der Waals surface area contributed by atoms with Crippen LogP contribution in [0.4, 0.5) is 8.78 Å². The second-order valence-corrected chi connectivity index (χ2v) is 2.75. The zero-order chi connectivity index (χ0) is 9.84. The van der Waals surface area contributed by atoms with Crippen molar-refractivity contribution in [2.45, 2.75) is 12.3 Å². The van der Waals surface area contributed by atoms with Crippen molar-refractivity contribution < 1.29 is 13.9 Å². The Balaban J connectivity index is 2.77. The topological polar surface area (TPSA) is 46.2 Å². The van der Waals surface area contributed by atoms with Crippen LogP contribution >= 0.6 is 0 Å². The molecule has 0 spiro atoms. The second kappa shape index (κ2) is 4.30. The smallest absolute Gasteiger partial charge is 0.142 e. The van der Waals surface area contributed by atoms with Crippen molar-refractivity contribution in [3.8, 4) is 0 Å². The highest BCUT2D eigenvalue weighted by Crippen LogP contribution is 2.18. The van der Waals surface area contributed by atoms with Crippen molar-refractivity contribution in [1.29, 1.82) is 0 Å². The highest BCUT2D eigenvalue weighted by Gasteiger charge is 2.18. The minimum atomic E-state index is -1.51. The van der Waals surface area contributed by atoms with Crippen LogP contribution in [0.3, 0.4) is 0 Å². The normalized spacial score (nSPS) is 15.4. The van der Waals surface area contributed by atoms with Crippen molar-refractivity contribution in [3.05, 3.63) is 35.6 Å². The Kier molecular flexibility index (Phi) is 3.33. The number of hydrogen-bond donors (Lipinski definition) is 2. The van der Waals surface area contributed by atoms with E-state index in [4.69, 9.17) is 5.73 Å². The molecular formula is C9H11F2NO. The van der Waals surface area contributed by atoms with E-state index in [1.807, 2.05) is 0 Å². The summed E-state index contributed by atoms with van der Waals surface area (Å²) in [6.45, 7) is -0.251. The Morgan fingerprint density at radius 1 is 1.31 bits per heavy atom. The maximum Gasteiger partial charge on any atom is 0.142 e. The summed E-state index contributed by atoms with van der Waals surface area (Å²) in [4.78, 5) is 0. The van der Waals surface area contributed by atoms with Gasteiger partial charge in [-0.2, -0.15) is 0 Å². The number of halogens is 2. The zero-order valence-electron chi connectivity index (χ0n) is 6.95. The van der Waals surface area contributed by atoms with E-state index in [-0.39, 0.29) is 6.54 Å². The van der Waals surface area contributed by atoms with Crippen molar-refractivity contribution in [2.75, 3.05) is 6.54 Å². The van der Waals surface area contributed by atoms with Gasteiger partial charge < -0.3 is 10.8 Å². The third-order valence-electron chi connectivity index (χ3n) is 1.78. The molecule has 4 heteroatoms. The molecule has 2 nitrogen and oxygen atoms in total. The summed E-state index contributed by atoms with van der Waals surface area (Å²) in [5.41, 5.74) is 5.36. The molecule has 0 saturated heterocycles. The van der Waals surface area contributed by atoms with Gasteiger partial charge in [-0.3, -0.25) is 0 Å². The van der Waals surface area contributed by atoms with Crippen molar-refractivity contribution in [2.24, 2.45) is 5.73 Å². The molecule has 0 fully saturated rings. The quantitative estimate of drug-likeness (QED) is 0.745. The molecule has 13 heavy (non-hydrogen) atoms. The average Bonchev–Trinajstić information content (AvgIpc) is 2.17. The van der Waals surface area contributed by atoms with E-state index in [1.165, 1.54) is 24.3 Å². The highest BCUT2D eigenvalue weighted by atomic mass is 19.1. The Morgan fingerprint density at radius 3 is 2.31 bits per heavy atom. The lowest BCUT2D eigenvalue weighted by molar-refractivity contribution is 0.0824. The summed E-state index contributed by atoms with van der Waals surface area (Å²) < 4.78 is 25.3. The van der Waals surface area contributed by atoms with Crippen LogP contribution in [-0.2, 0) is 0 Å². The minimum Gasteiger partial charge on any atom is -0.385 e. The second-order valence-electron chi connectivity index (χ2n) is 2.75. The lowest BCUT2D eigenvalue weighted by atomic mass is 10.1. The maximum absolute atomic E-state index is 12.8. The first-order chi connectivity index (χ1) is 6.15. The maximum atomic E-state index is 12.8. The number of aliphatic hydroxyl groups excluding tert-OH is 1. The van der Waals surface area contributed by atoms with Gasteiger partial charge in [-0.15, -0.1) is 0 Å². The minimum absolute atomic E-state index is 0.251. The summed E-state index contributed by atoms with van der Waals surface area (Å²) in [6, 6.07) is 5.01. The summed E-state index contributed by atoms with van der Waals surface area (Å²) in [5, 5.41) is 9.30. The molecule has 0 unspecified atom stereocenters. The predicted molar refractivity (Wildman–Crippen MR) is 45.3 cm³/mol. The molecular weight excluding hydrogens is 176 g/mol. The fourth-order valence-corrected chi connectivity index (χ4v) is 0.998. The fourth-order valence-electron chi connectivity index (χ4n) is 0.998. The largest absolute Gasteiger partial charge is 0.385 e. The Morgan fingerprint density at radius 2 is 1.85 bits per heavy atom. The van der Waals surface area contributed by atoms with E-state index in [2.05, 4.69) is 0 Å². The number of rotatable bonds is 3. The summed E-state index contributed by atoms with van der Waals surface area (Å²) in [6.07, 6.45) is -2.78. The SMILES string of the molecule is NC[C@@H](F)[C@@H](O)c1ccc(F)cc1. The standard InChI is InChI=1S/C9H11F2NO/c10-7-3-1-6(2-4-7)9(13)8(11)5-12/h1-4,8-9,13H,5,12H2/t8-,9+/m1/s1. The van der Waals surface area contributed by atoms with E-state index in [0.717, 1.165) is 0 Å². The van der Waals surface area contributed by atoms with Gasteiger partial charge in [0.05, 0.1) is 0 Å². The molecule has 0 saturated carbocycles. The van der Waals surface area contributed by atoms with Gasteiger partial charge in [0, 0.05) is 6.54 Å². The number of aliphatic hydroxyl groups is 1. The molecule has 2 atom stereocenters. The van der Waals surface area contributed by atoms with E-state index < -0.39 is 18.1 Å². The van der Waals surface area contributed by atoms with E-state index in [0.29, 0.717) is 5.56 Å². The van der Waals surface area contributed by atoms with Gasteiger partial charge in [0.2, 0.25) is 0 Å². The van der Waals surface area contributed by atoms with Crippen molar-refractivity contribution in [3.63, 3.8) is 0 Å². The molecule has 3 N–H and O–H groups in total. The molecule has 0 heterocycles. The molecule has 0 bridgehead atoms. The summed E-state index contributed by atoms with van der Waals surface area (Å²) >= 11 is 0. The van der Waals surface area contributed by atoms with Crippen LogP contribution in [0, 0.1) is 5.82 Å². The third-order valence-corrected chi connectivity index (χ3v) is 1.78. The van der Waals surface area contributed by atoms with Crippen molar-refractivity contribution in [1.82, 2.24) is 0 Å². The van der Waals surface area contributed by atoms with Crippen LogP contribution in [0.15, 0.2) is 24.3 Å². The van der Waals surface area contributed by atoms with Crippen LogP contribution in [0.25, 0.3) is 0 Å². The van der Waals surface area contributed by atoms with Gasteiger partial charge in [0.25, 0.3) is 0 Å². The lowest BCUT2D eigenvalue weighted by Gasteiger charge is -2.13. The molecule has 72 valence electrons. The van der Waals surface area contributed by atoms with Gasteiger partial charge in [0.15, 0.2) is 0 Å². The summed E-state index contributed by atoms with van der Waals surface area (Å²) in [5.74, 6) is -0.417. The van der Waals surface area contributed by atoms with Crippen LogP contribution in [0.5, 0.6) is 0 Å². The van der Waals surface area contributed by atoms with E-state index in [1.54, 1.807) is 0 Å². The van der Waals surface area contributed by atoms with E-state index >= 15 is 0 Å². The summed E-state index contributed by atoms with van der Waals surface area (Å²) in [7, 11) is 0. The molecule has 0 aromatic heterocycles. The first-order valence-electron chi connectivity index (χ1n) is 3.93. The van der Waals surface area contributed by atoms with Gasteiger partial charge in [0.1, 0.15) is 18.1 Å². The Labute approximate surface area is 75.0 Å². The van der Waals surface area contributed by atoms with Crippen LogP contribution in [0.1, 0.15) is 11.7 Å². The average molecular weight is 187 g/mol. The molecule has 1 rings (SSSR count). The molecule has 0 amide bonds. The predicted octanol–water partition coefficient (Wildman–Crippen LogP) is 1.16. The number of hydrogen-bond acceptors (Lipinski definition) is 2.